The average Bonchev–Trinajstić information content (AvgIpc) is 2.27. The Morgan fingerprint density at radius 1 is 1.44 bits per heavy atom. The van der Waals surface area contributed by atoms with Crippen molar-refractivity contribution in [1.29, 1.82) is 5.26 Å². The number of non-ortho nitro benzene ring substituents is 1. The molecule has 0 N–H and O–H groups in total. The lowest BCUT2D eigenvalue weighted by Gasteiger charge is -1.99. The fourth-order valence-corrected chi connectivity index (χ4v) is 1.51. The van der Waals surface area contributed by atoms with E-state index in [2.05, 4.69) is 4.98 Å². The molecule has 0 aliphatic heterocycles. The zero-order chi connectivity index (χ0) is 11.7. The Morgan fingerprint density at radius 2 is 2.19 bits per heavy atom. The molecule has 0 saturated carbocycles. The molecule has 0 radical (unpaired) electrons. The second kappa shape index (κ2) is 3.76. The Kier molecular flexibility index (Phi) is 2.43. The van der Waals surface area contributed by atoms with Crippen LogP contribution in [0.25, 0.3) is 10.9 Å². The molecule has 0 amide bonds. The van der Waals surface area contributed by atoms with Crippen LogP contribution in [-0.2, 0) is 0 Å². The minimum absolute atomic E-state index is 0.0514. The van der Waals surface area contributed by atoms with E-state index >= 15 is 0 Å². The van der Waals surface area contributed by atoms with Crippen molar-refractivity contribution in [2.45, 2.75) is 0 Å². The van der Waals surface area contributed by atoms with Crippen LogP contribution in [0.4, 0.5) is 5.69 Å². The summed E-state index contributed by atoms with van der Waals surface area (Å²) in [5.74, 6) is 0. The SMILES string of the molecule is N#Cc1cc2ccc([N+](=O)[O-])cc2nc1Cl. The monoisotopic (exact) mass is 233 g/mol. The van der Waals surface area contributed by atoms with Crippen molar-refractivity contribution in [3.8, 4) is 6.07 Å². The number of pyridine rings is 1. The molecule has 2 rings (SSSR count). The Morgan fingerprint density at radius 3 is 2.81 bits per heavy atom. The van der Waals surface area contributed by atoms with Crippen LogP contribution in [0.2, 0.25) is 5.15 Å². The fourth-order valence-electron chi connectivity index (χ4n) is 1.32. The molecule has 0 unspecified atom stereocenters. The summed E-state index contributed by atoms with van der Waals surface area (Å²) in [6.07, 6.45) is 0. The predicted molar refractivity (Wildman–Crippen MR) is 58.1 cm³/mol. The molecule has 0 saturated heterocycles. The molecule has 0 aliphatic rings. The summed E-state index contributed by atoms with van der Waals surface area (Å²) in [5, 5.41) is 20.0. The molecular formula is C10H4ClN3O2. The molecular weight excluding hydrogens is 230 g/mol. The number of benzene rings is 1. The van der Waals surface area contributed by atoms with E-state index in [1.807, 2.05) is 6.07 Å². The van der Waals surface area contributed by atoms with E-state index in [1.54, 1.807) is 6.07 Å². The van der Waals surface area contributed by atoms with Gasteiger partial charge in [-0.25, -0.2) is 4.98 Å². The van der Waals surface area contributed by atoms with E-state index in [0.717, 1.165) is 0 Å². The first-order valence-corrected chi connectivity index (χ1v) is 4.64. The van der Waals surface area contributed by atoms with Gasteiger partial charge in [0.2, 0.25) is 0 Å². The number of nitrogens with zero attached hydrogens (tertiary/aromatic N) is 3. The maximum Gasteiger partial charge on any atom is 0.271 e. The van der Waals surface area contributed by atoms with Crippen LogP contribution < -0.4 is 0 Å². The van der Waals surface area contributed by atoms with E-state index in [9.17, 15) is 10.1 Å². The summed E-state index contributed by atoms with van der Waals surface area (Å²) in [7, 11) is 0. The second-order valence-electron chi connectivity index (χ2n) is 3.07. The number of fused-ring (bicyclic) bond motifs is 1. The van der Waals surface area contributed by atoms with Gasteiger partial charge in [0.05, 0.1) is 16.0 Å². The third-order valence-electron chi connectivity index (χ3n) is 2.09. The van der Waals surface area contributed by atoms with Crippen molar-refractivity contribution in [3.63, 3.8) is 0 Å². The van der Waals surface area contributed by atoms with Crippen molar-refractivity contribution >= 4 is 28.2 Å². The van der Waals surface area contributed by atoms with Crippen LogP contribution in [0.5, 0.6) is 0 Å². The van der Waals surface area contributed by atoms with Crippen LogP contribution in [-0.4, -0.2) is 9.91 Å². The molecule has 0 fully saturated rings. The van der Waals surface area contributed by atoms with Gasteiger partial charge in [-0.05, 0) is 12.1 Å². The van der Waals surface area contributed by atoms with Gasteiger partial charge in [0.1, 0.15) is 11.2 Å². The normalized spacial score (nSPS) is 10.0. The van der Waals surface area contributed by atoms with Gasteiger partial charge in [-0.2, -0.15) is 5.26 Å². The standard InChI is InChI=1S/C10H4ClN3O2/c11-10-7(5-12)3-6-1-2-8(14(15)16)4-9(6)13-10/h1-4H. The summed E-state index contributed by atoms with van der Waals surface area (Å²) < 4.78 is 0. The number of rotatable bonds is 1. The quantitative estimate of drug-likeness (QED) is 0.431. The first-order chi connectivity index (χ1) is 7.61. The van der Waals surface area contributed by atoms with Crippen LogP contribution in [0.1, 0.15) is 5.56 Å². The van der Waals surface area contributed by atoms with Crippen molar-refractivity contribution in [1.82, 2.24) is 4.98 Å². The topological polar surface area (TPSA) is 79.8 Å². The van der Waals surface area contributed by atoms with Gasteiger partial charge >= 0.3 is 0 Å². The highest BCUT2D eigenvalue weighted by Crippen LogP contribution is 2.23. The number of hydrogen-bond donors (Lipinski definition) is 0. The third kappa shape index (κ3) is 1.66. The molecule has 0 atom stereocenters. The zero-order valence-electron chi connectivity index (χ0n) is 7.85. The molecule has 16 heavy (non-hydrogen) atoms. The van der Waals surface area contributed by atoms with Crippen LogP contribution in [0.3, 0.4) is 0 Å². The number of nitro groups is 1. The van der Waals surface area contributed by atoms with E-state index < -0.39 is 4.92 Å². The molecule has 2 aromatic rings. The molecule has 78 valence electrons. The lowest BCUT2D eigenvalue weighted by atomic mass is 10.1. The summed E-state index contributed by atoms with van der Waals surface area (Å²) >= 11 is 5.73. The average molecular weight is 234 g/mol. The van der Waals surface area contributed by atoms with E-state index in [1.165, 1.54) is 18.2 Å². The van der Waals surface area contributed by atoms with Gasteiger partial charge in [0.15, 0.2) is 0 Å². The van der Waals surface area contributed by atoms with Gasteiger partial charge in [0.25, 0.3) is 5.69 Å². The molecule has 0 aliphatic carbocycles. The Bertz CT molecular complexity index is 634. The van der Waals surface area contributed by atoms with Crippen molar-refractivity contribution in [3.05, 3.63) is 45.1 Å². The van der Waals surface area contributed by atoms with Gasteiger partial charge in [-0.3, -0.25) is 10.1 Å². The molecule has 1 heterocycles. The van der Waals surface area contributed by atoms with Crippen LogP contribution in [0, 0.1) is 21.4 Å². The lowest BCUT2D eigenvalue weighted by molar-refractivity contribution is -0.384. The zero-order valence-corrected chi connectivity index (χ0v) is 8.60. The molecule has 6 heteroatoms. The first-order valence-electron chi connectivity index (χ1n) is 4.26. The van der Waals surface area contributed by atoms with Crippen LogP contribution >= 0.6 is 11.6 Å². The van der Waals surface area contributed by atoms with E-state index in [-0.39, 0.29) is 16.4 Å². The van der Waals surface area contributed by atoms with Crippen LogP contribution in [0.15, 0.2) is 24.3 Å². The maximum atomic E-state index is 10.5. The number of aromatic nitrogens is 1. The largest absolute Gasteiger partial charge is 0.271 e. The van der Waals surface area contributed by atoms with E-state index in [4.69, 9.17) is 16.9 Å². The first kappa shape index (κ1) is 10.3. The Hall–Kier alpha value is -2.19. The third-order valence-corrected chi connectivity index (χ3v) is 2.37. The molecule has 5 nitrogen and oxygen atoms in total. The molecule has 1 aromatic heterocycles. The van der Waals surface area contributed by atoms with Crippen molar-refractivity contribution < 1.29 is 4.92 Å². The fraction of sp³-hybridized carbons (Fsp3) is 0. The second-order valence-corrected chi connectivity index (χ2v) is 3.43. The van der Waals surface area contributed by atoms with Gasteiger partial charge in [-0.1, -0.05) is 11.6 Å². The number of halogens is 1. The molecule has 0 spiro atoms. The molecule has 1 aromatic carbocycles. The summed E-state index contributed by atoms with van der Waals surface area (Å²) in [6, 6.07) is 7.67. The minimum atomic E-state index is -0.507. The van der Waals surface area contributed by atoms with Crippen molar-refractivity contribution in [2.24, 2.45) is 0 Å². The lowest BCUT2D eigenvalue weighted by Crippen LogP contribution is -1.90. The summed E-state index contributed by atoms with van der Waals surface area (Å²) in [6.45, 7) is 0. The molecule has 0 bridgehead atoms. The number of nitriles is 1. The van der Waals surface area contributed by atoms with Gasteiger partial charge in [-0.15, -0.1) is 0 Å². The Labute approximate surface area is 95.0 Å². The summed E-state index contributed by atoms with van der Waals surface area (Å²) in [4.78, 5) is 14.0. The van der Waals surface area contributed by atoms with E-state index in [0.29, 0.717) is 10.9 Å². The van der Waals surface area contributed by atoms with Gasteiger partial charge < -0.3 is 0 Å². The summed E-state index contributed by atoms with van der Waals surface area (Å²) in [5.41, 5.74) is 0.599. The Balaban J connectivity index is 2.73. The van der Waals surface area contributed by atoms with Crippen molar-refractivity contribution in [2.75, 3.05) is 0 Å². The minimum Gasteiger partial charge on any atom is -0.258 e. The van der Waals surface area contributed by atoms with Gasteiger partial charge in [0, 0.05) is 17.5 Å². The highest BCUT2D eigenvalue weighted by Gasteiger charge is 2.09. The number of hydrogen-bond acceptors (Lipinski definition) is 4. The maximum absolute atomic E-state index is 10.5. The predicted octanol–water partition coefficient (Wildman–Crippen LogP) is 2.67. The smallest absolute Gasteiger partial charge is 0.258 e. The number of nitro benzene ring substituents is 1. The highest BCUT2D eigenvalue weighted by atomic mass is 35.5. The highest BCUT2D eigenvalue weighted by molar-refractivity contribution is 6.31.